The van der Waals surface area contributed by atoms with Crippen molar-refractivity contribution in [2.24, 2.45) is 0 Å². The van der Waals surface area contributed by atoms with Crippen LogP contribution in [0, 0.1) is 0 Å². The van der Waals surface area contributed by atoms with E-state index in [0.29, 0.717) is 30.0 Å². The molecule has 0 fully saturated rings. The molecule has 0 saturated heterocycles. The predicted octanol–water partition coefficient (Wildman–Crippen LogP) is 6.39. The molecule has 0 spiro atoms. The molecule has 39 heavy (non-hydrogen) atoms. The van der Waals surface area contributed by atoms with Crippen molar-refractivity contribution in [2.75, 3.05) is 37.0 Å². The largest absolute Gasteiger partial charge is 0.385 e. The number of fused-ring (bicyclic) bond motifs is 1. The summed E-state index contributed by atoms with van der Waals surface area (Å²) < 4.78 is 5.12. The van der Waals surface area contributed by atoms with Crippen LogP contribution in [-0.4, -0.2) is 38.6 Å². The number of rotatable bonds is 13. The molecular weight excluding hydrogens is 486 g/mol. The number of methoxy groups -OCH3 is 1. The number of anilines is 2. The Morgan fingerprint density at radius 3 is 2.46 bits per heavy atom. The summed E-state index contributed by atoms with van der Waals surface area (Å²) in [7, 11) is 1.65. The lowest BCUT2D eigenvalue weighted by molar-refractivity contribution is 0.0947. The molecule has 0 atom stereocenters. The Hall–Kier alpha value is -3.64. The molecule has 6 nitrogen and oxygen atoms in total. The lowest BCUT2D eigenvalue weighted by Gasteiger charge is -2.32. The van der Waals surface area contributed by atoms with Crippen molar-refractivity contribution in [3.63, 3.8) is 0 Å². The highest BCUT2D eigenvalue weighted by atomic mass is 16.5. The monoisotopic (exact) mass is 527 g/mol. The third-order valence-electron chi connectivity index (χ3n) is 7.32. The van der Waals surface area contributed by atoms with E-state index in [0.717, 1.165) is 38.0 Å². The molecule has 4 rings (SSSR count). The minimum Gasteiger partial charge on any atom is -0.385 e. The minimum atomic E-state index is -0.182. The van der Waals surface area contributed by atoms with Gasteiger partial charge in [0.25, 0.3) is 11.8 Å². The van der Waals surface area contributed by atoms with Gasteiger partial charge < -0.3 is 20.3 Å². The molecular formula is C33H41N3O3. The number of benzene rings is 3. The molecule has 206 valence electrons. The molecule has 0 unspecified atom stereocenters. The first kappa shape index (κ1) is 28.4. The average molecular weight is 528 g/mol. The highest BCUT2D eigenvalue weighted by Gasteiger charge is 2.22. The van der Waals surface area contributed by atoms with Crippen molar-refractivity contribution >= 4 is 23.2 Å². The fraction of sp³-hybridized carbons (Fsp3) is 0.394. The van der Waals surface area contributed by atoms with Crippen molar-refractivity contribution in [2.45, 2.75) is 58.4 Å². The van der Waals surface area contributed by atoms with Crippen molar-refractivity contribution in [1.29, 1.82) is 0 Å². The van der Waals surface area contributed by atoms with Crippen molar-refractivity contribution < 1.29 is 14.3 Å². The zero-order valence-corrected chi connectivity index (χ0v) is 23.3. The molecule has 0 radical (unpaired) electrons. The fourth-order valence-corrected chi connectivity index (χ4v) is 5.07. The van der Waals surface area contributed by atoms with Crippen LogP contribution in [0.1, 0.15) is 76.4 Å². The van der Waals surface area contributed by atoms with Crippen molar-refractivity contribution in [1.82, 2.24) is 5.32 Å². The zero-order valence-electron chi connectivity index (χ0n) is 23.3. The molecule has 6 heteroatoms. The number of hydrogen-bond donors (Lipinski definition) is 2. The number of carbonyl (C=O) groups excluding carboxylic acids is 2. The summed E-state index contributed by atoms with van der Waals surface area (Å²) in [6.45, 7) is 4.90. The summed E-state index contributed by atoms with van der Waals surface area (Å²) in [6.07, 6.45) is 7.59. The highest BCUT2D eigenvalue weighted by Crippen LogP contribution is 2.30. The Morgan fingerprint density at radius 1 is 0.897 bits per heavy atom. The van der Waals surface area contributed by atoms with E-state index in [-0.39, 0.29) is 11.8 Å². The van der Waals surface area contributed by atoms with Crippen LogP contribution in [0.15, 0.2) is 66.7 Å². The smallest absolute Gasteiger partial charge is 0.255 e. The molecule has 1 heterocycles. The summed E-state index contributed by atoms with van der Waals surface area (Å²) in [6, 6.07) is 21.9. The van der Waals surface area contributed by atoms with Crippen LogP contribution in [0.4, 0.5) is 11.4 Å². The van der Waals surface area contributed by atoms with E-state index in [1.165, 1.54) is 42.4 Å². The lowest BCUT2D eigenvalue weighted by Crippen LogP contribution is -2.33. The molecule has 2 N–H and O–H groups in total. The maximum atomic E-state index is 13.3. The number of nitrogens with zero attached hydrogens (tertiary/aromatic N) is 1. The van der Waals surface area contributed by atoms with Crippen LogP contribution >= 0.6 is 0 Å². The second kappa shape index (κ2) is 14.5. The normalized spacial score (nSPS) is 12.6. The van der Waals surface area contributed by atoms with Gasteiger partial charge in [-0.25, -0.2) is 0 Å². The summed E-state index contributed by atoms with van der Waals surface area (Å²) in [4.78, 5) is 28.6. The van der Waals surface area contributed by atoms with E-state index in [2.05, 4.69) is 46.7 Å². The van der Waals surface area contributed by atoms with Crippen LogP contribution in [0.25, 0.3) is 0 Å². The first-order chi connectivity index (χ1) is 19.1. The van der Waals surface area contributed by atoms with Crippen LogP contribution < -0.4 is 15.5 Å². The van der Waals surface area contributed by atoms with E-state index < -0.39 is 0 Å². The third-order valence-corrected chi connectivity index (χ3v) is 7.32. The van der Waals surface area contributed by atoms with Gasteiger partial charge in [-0.15, -0.1) is 0 Å². The van der Waals surface area contributed by atoms with Gasteiger partial charge in [-0.05, 0) is 72.7 Å². The van der Waals surface area contributed by atoms with Gasteiger partial charge in [-0.2, -0.15) is 0 Å². The number of hydrogen-bond acceptors (Lipinski definition) is 4. The van der Waals surface area contributed by atoms with E-state index in [4.69, 9.17) is 4.74 Å². The first-order valence-electron chi connectivity index (χ1n) is 14.2. The molecule has 0 aromatic heterocycles. The van der Waals surface area contributed by atoms with Gasteiger partial charge in [-0.1, -0.05) is 62.6 Å². The summed E-state index contributed by atoms with van der Waals surface area (Å²) >= 11 is 0. The van der Waals surface area contributed by atoms with Crippen LogP contribution in [-0.2, 0) is 24.1 Å². The molecule has 3 aromatic rings. The average Bonchev–Trinajstić information content (AvgIpc) is 2.97. The van der Waals surface area contributed by atoms with E-state index in [1.54, 1.807) is 13.2 Å². The molecule has 1 aliphatic heterocycles. The molecule has 0 saturated carbocycles. The zero-order chi connectivity index (χ0) is 27.5. The molecule has 3 aromatic carbocycles. The SMILES string of the molecule is CCCCCCc1ccc(C(=O)Nc2ccc(N3CCc4ccccc4C3)c(C(=O)NCCCOC)c2)cc1. The summed E-state index contributed by atoms with van der Waals surface area (Å²) in [5.74, 6) is -0.331. The molecule has 1 aliphatic rings. The molecule has 0 aliphatic carbocycles. The maximum absolute atomic E-state index is 13.3. The topological polar surface area (TPSA) is 70.7 Å². The Bertz CT molecular complexity index is 1240. The number of amides is 2. The number of unbranched alkanes of at least 4 members (excludes halogenated alkanes) is 3. The molecule has 0 bridgehead atoms. The van der Waals surface area contributed by atoms with E-state index in [1.807, 2.05) is 36.4 Å². The van der Waals surface area contributed by atoms with Gasteiger partial charge in [0.15, 0.2) is 0 Å². The van der Waals surface area contributed by atoms with Crippen molar-refractivity contribution in [3.05, 3.63) is 94.5 Å². The Morgan fingerprint density at radius 2 is 1.69 bits per heavy atom. The van der Waals surface area contributed by atoms with Gasteiger partial charge in [0.05, 0.1) is 5.56 Å². The fourth-order valence-electron chi connectivity index (χ4n) is 5.07. The third kappa shape index (κ3) is 7.93. The summed E-state index contributed by atoms with van der Waals surface area (Å²) in [5, 5.41) is 6.01. The minimum absolute atomic E-state index is 0.150. The number of aryl methyl sites for hydroxylation is 1. The molecule has 2 amide bonds. The quantitative estimate of drug-likeness (QED) is 0.253. The van der Waals surface area contributed by atoms with Gasteiger partial charge in [0, 0.05) is 50.3 Å². The Kier molecular flexibility index (Phi) is 10.5. The number of nitrogens with one attached hydrogen (secondary N) is 2. The lowest BCUT2D eigenvalue weighted by atomic mass is 9.98. The predicted molar refractivity (Wildman–Crippen MR) is 159 cm³/mol. The standard InChI is InChI=1S/C33H41N3O3/c1-3-4-5-6-10-25-13-15-27(16-14-25)32(37)35-29-17-18-31(30(23-29)33(38)34-20-9-22-39-2)36-21-19-26-11-7-8-12-28(26)24-36/h7-8,11-18,23H,3-6,9-10,19-22,24H2,1-2H3,(H,34,38)(H,35,37). The van der Waals surface area contributed by atoms with E-state index in [9.17, 15) is 9.59 Å². The Labute approximate surface area is 232 Å². The first-order valence-corrected chi connectivity index (χ1v) is 14.2. The number of ether oxygens (including phenoxy) is 1. The van der Waals surface area contributed by atoms with Gasteiger partial charge in [0.1, 0.15) is 0 Å². The maximum Gasteiger partial charge on any atom is 0.255 e. The summed E-state index contributed by atoms with van der Waals surface area (Å²) in [5.41, 5.74) is 6.53. The Balaban J connectivity index is 1.48. The van der Waals surface area contributed by atoms with Gasteiger partial charge in [-0.3, -0.25) is 9.59 Å². The van der Waals surface area contributed by atoms with Gasteiger partial charge >= 0.3 is 0 Å². The second-order valence-electron chi connectivity index (χ2n) is 10.2. The van der Waals surface area contributed by atoms with Crippen LogP contribution in [0.3, 0.4) is 0 Å². The van der Waals surface area contributed by atoms with Gasteiger partial charge in [0.2, 0.25) is 0 Å². The van der Waals surface area contributed by atoms with Crippen LogP contribution in [0.5, 0.6) is 0 Å². The van der Waals surface area contributed by atoms with Crippen LogP contribution in [0.2, 0.25) is 0 Å². The van der Waals surface area contributed by atoms with Crippen molar-refractivity contribution in [3.8, 4) is 0 Å². The number of carbonyl (C=O) groups is 2. The second-order valence-corrected chi connectivity index (χ2v) is 10.2. The van der Waals surface area contributed by atoms with E-state index >= 15 is 0 Å². The highest BCUT2D eigenvalue weighted by molar-refractivity contribution is 6.06.